The Morgan fingerprint density at radius 3 is 2.50 bits per heavy atom. The molecule has 9 heteroatoms. The molecule has 3 aromatic rings. The Kier molecular flexibility index (Phi) is 5.60. The summed E-state index contributed by atoms with van der Waals surface area (Å²) in [6.07, 6.45) is 4.78. The normalized spacial score (nSPS) is 14.3. The lowest BCUT2D eigenvalue weighted by molar-refractivity contribution is -0.384. The van der Waals surface area contributed by atoms with Gasteiger partial charge in [-0.15, -0.1) is 10.2 Å². The van der Waals surface area contributed by atoms with Crippen molar-refractivity contribution in [2.75, 3.05) is 23.3 Å². The topological polar surface area (TPSA) is 114 Å². The molecule has 0 saturated carbocycles. The molecule has 152 valence electrons. The Bertz CT molecular complexity index is 1030. The maximum Gasteiger partial charge on any atom is 0.271 e. The van der Waals surface area contributed by atoms with Gasteiger partial charge < -0.3 is 10.2 Å². The van der Waals surface area contributed by atoms with Gasteiger partial charge in [0.1, 0.15) is 0 Å². The highest BCUT2D eigenvalue weighted by Crippen LogP contribution is 2.25. The number of nitro benzene ring substituents is 1. The first-order chi connectivity index (χ1) is 14.6. The number of nitrogens with one attached hydrogen (secondary N) is 1. The van der Waals surface area contributed by atoms with Crippen LogP contribution < -0.4 is 10.2 Å². The van der Waals surface area contributed by atoms with E-state index in [0.717, 1.165) is 17.1 Å². The van der Waals surface area contributed by atoms with Crippen LogP contribution in [0.1, 0.15) is 12.8 Å². The molecule has 1 aliphatic heterocycles. The monoisotopic (exact) mass is 404 g/mol. The van der Waals surface area contributed by atoms with E-state index in [2.05, 4.69) is 25.4 Å². The smallest absolute Gasteiger partial charge is 0.271 e. The molecule has 2 aromatic heterocycles. The zero-order valence-corrected chi connectivity index (χ0v) is 16.1. The van der Waals surface area contributed by atoms with Crippen molar-refractivity contribution in [3.8, 4) is 11.3 Å². The minimum absolute atomic E-state index is 0.0450. The molecule has 0 radical (unpaired) electrons. The Balaban J connectivity index is 1.34. The van der Waals surface area contributed by atoms with Gasteiger partial charge in [-0.2, -0.15) is 0 Å². The summed E-state index contributed by atoms with van der Waals surface area (Å²) in [5, 5.41) is 22.3. The number of non-ortho nitro benzene ring substituents is 1. The molecule has 0 spiro atoms. The minimum atomic E-state index is -0.477. The number of nitrogens with zero attached hydrogens (tertiary/aromatic N) is 5. The van der Waals surface area contributed by atoms with Gasteiger partial charge in [-0.1, -0.05) is 6.07 Å². The molecule has 1 aliphatic rings. The highest BCUT2D eigenvalue weighted by atomic mass is 16.6. The van der Waals surface area contributed by atoms with Gasteiger partial charge in [-0.25, -0.2) is 0 Å². The van der Waals surface area contributed by atoms with Crippen LogP contribution in [0.4, 0.5) is 17.2 Å². The summed E-state index contributed by atoms with van der Waals surface area (Å²) in [6.45, 7) is 1.38. The molecule has 9 nitrogen and oxygen atoms in total. The van der Waals surface area contributed by atoms with Gasteiger partial charge in [0.25, 0.3) is 5.69 Å². The van der Waals surface area contributed by atoms with Gasteiger partial charge in [0.05, 0.1) is 10.6 Å². The van der Waals surface area contributed by atoms with Crippen LogP contribution in [0.25, 0.3) is 11.3 Å². The molecule has 4 rings (SSSR count). The third kappa shape index (κ3) is 4.40. The van der Waals surface area contributed by atoms with Crippen LogP contribution in [0, 0.1) is 16.0 Å². The molecule has 0 bridgehead atoms. The highest BCUT2D eigenvalue weighted by Gasteiger charge is 2.26. The second-order valence-corrected chi connectivity index (χ2v) is 7.07. The summed E-state index contributed by atoms with van der Waals surface area (Å²) in [4.78, 5) is 29.1. The van der Waals surface area contributed by atoms with Crippen LogP contribution in [0.3, 0.4) is 0 Å². The van der Waals surface area contributed by atoms with Crippen molar-refractivity contribution in [1.29, 1.82) is 0 Å². The van der Waals surface area contributed by atoms with Crippen LogP contribution in [0.5, 0.6) is 0 Å². The summed E-state index contributed by atoms with van der Waals surface area (Å²) < 4.78 is 0. The van der Waals surface area contributed by atoms with Gasteiger partial charge >= 0.3 is 0 Å². The fourth-order valence-corrected chi connectivity index (χ4v) is 3.48. The Labute approximate surface area is 172 Å². The second kappa shape index (κ2) is 8.64. The van der Waals surface area contributed by atoms with Gasteiger partial charge in [0, 0.05) is 54.8 Å². The molecule has 0 aliphatic carbocycles. The standard InChI is InChI=1S/C21H20N6O3/c28-21(23-17-2-1-3-18(14-17)27(29)30)16-8-12-26(13-9-16)20-5-4-19(24-25-20)15-6-10-22-11-7-15/h1-7,10-11,14,16H,8-9,12-13H2,(H,23,28). The molecular weight excluding hydrogens is 384 g/mol. The van der Waals surface area contributed by atoms with Crippen LogP contribution in [-0.4, -0.2) is 39.1 Å². The van der Waals surface area contributed by atoms with Crippen molar-refractivity contribution >= 4 is 23.1 Å². The lowest BCUT2D eigenvalue weighted by atomic mass is 9.95. The number of hydrogen-bond donors (Lipinski definition) is 1. The maximum absolute atomic E-state index is 12.6. The van der Waals surface area contributed by atoms with E-state index in [9.17, 15) is 14.9 Å². The van der Waals surface area contributed by atoms with Crippen molar-refractivity contribution in [1.82, 2.24) is 15.2 Å². The van der Waals surface area contributed by atoms with E-state index in [1.807, 2.05) is 24.3 Å². The molecular formula is C21H20N6O3. The number of carbonyl (C=O) groups excluding carboxylic acids is 1. The fourth-order valence-electron chi connectivity index (χ4n) is 3.48. The van der Waals surface area contributed by atoms with E-state index in [0.29, 0.717) is 31.6 Å². The first-order valence-electron chi connectivity index (χ1n) is 9.64. The largest absolute Gasteiger partial charge is 0.355 e. The summed E-state index contributed by atoms with van der Waals surface area (Å²) in [5.74, 6) is 0.518. The molecule has 1 fully saturated rings. The summed E-state index contributed by atoms with van der Waals surface area (Å²) in [5.41, 5.74) is 2.14. The second-order valence-electron chi connectivity index (χ2n) is 7.07. The number of piperidine rings is 1. The number of rotatable bonds is 5. The zero-order valence-electron chi connectivity index (χ0n) is 16.1. The van der Waals surface area contributed by atoms with Gasteiger partial charge in [0.2, 0.25) is 5.91 Å². The van der Waals surface area contributed by atoms with E-state index in [4.69, 9.17) is 0 Å². The molecule has 1 aromatic carbocycles. The Morgan fingerprint density at radius 2 is 1.83 bits per heavy atom. The van der Waals surface area contributed by atoms with Gasteiger partial charge in [-0.3, -0.25) is 19.9 Å². The van der Waals surface area contributed by atoms with Gasteiger partial charge in [0.15, 0.2) is 5.82 Å². The fraction of sp³-hybridized carbons (Fsp3) is 0.238. The van der Waals surface area contributed by atoms with Crippen molar-refractivity contribution in [2.24, 2.45) is 5.92 Å². The molecule has 1 N–H and O–H groups in total. The maximum atomic E-state index is 12.6. The van der Waals surface area contributed by atoms with Crippen LogP contribution in [-0.2, 0) is 4.79 Å². The molecule has 30 heavy (non-hydrogen) atoms. The number of carbonyl (C=O) groups is 1. The first-order valence-corrected chi connectivity index (χ1v) is 9.64. The molecule has 1 saturated heterocycles. The lowest BCUT2D eigenvalue weighted by Crippen LogP contribution is -2.38. The average molecular weight is 404 g/mol. The SMILES string of the molecule is O=C(Nc1cccc([N+](=O)[O-])c1)C1CCN(c2ccc(-c3ccncc3)nn2)CC1. The van der Waals surface area contributed by atoms with Crippen molar-refractivity contribution in [3.05, 3.63) is 71.0 Å². The highest BCUT2D eigenvalue weighted by molar-refractivity contribution is 5.93. The number of pyridine rings is 1. The van der Waals surface area contributed by atoms with Gasteiger partial charge in [-0.05, 0) is 43.2 Å². The van der Waals surface area contributed by atoms with Crippen molar-refractivity contribution in [2.45, 2.75) is 12.8 Å². The predicted octanol–water partition coefficient (Wildman–Crippen LogP) is 3.30. The molecule has 0 atom stereocenters. The van der Waals surface area contributed by atoms with Crippen molar-refractivity contribution < 1.29 is 9.72 Å². The molecule has 1 amide bonds. The number of nitro groups is 1. The van der Waals surface area contributed by atoms with E-state index >= 15 is 0 Å². The number of aromatic nitrogens is 3. The number of benzene rings is 1. The Morgan fingerprint density at radius 1 is 1.07 bits per heavy atom. The van der Waals surface area contributed by atoms with E-state index < -0.39 is 4.92 Å². The number of hydrogen-bond acceptors (Lipinski definition) is 7. The average Bonchev–Trinajstić information content (AvgIpc) is 2.80. The predicted molar refractivity (Wildman–Crippen MR) is 112 cm³/mol. The molecule has 0 unspecified atom stereocenters. The minimum Gasteiger partial charge on any atom is -0.355 e. The number of amides is 1. The van der Waals surface area contributed by atoms with Crippen LogP contribution >= 0.6 is 0 Å². The van der Waals surface area contributed by atoms with E-state index in [-0.39, 0.29) is 17.5 Å². The lowest BCUT2D eigenvalue weighted by Gasteiger charge is -2.31. The van der Waals surface area contributed by atoms with E-state index in [1.165, 1.54) is 12.1 Å². The van der Waals surface area contributed by atoms with Crippen LogP contribution in [0.15, 0.2) is 60.9 Å². The third-order valence-corrected chi connectivity index (χ3v) is 5.14. The first kappa shape index (κ1) is 19.4. The summed E-state index contributed by atoms with van der Waals surface area (Å²) in [6, 6.07) is 13.6. The Hall–Kier alpha value is -3.88. The van der Waals surface area contributed by atoms with Crippen LogP contribution in [0.2, 0.25) is 0 Å². The third-order valence-electron chi connectivity index (χ3n) is 5.14. The van der Waals surface area contributed by atoms with Crippen molar-refractivity contribution in [3.63, 3.8) is 0 Å². The van der Waals surface area contributed by atoms with E-state index in [1.54, 1.807) is 24.5 Å². The molecule has 3 heterocycles. The summed E-state index contributed by atoms with van der Waals surface area (Å²) in [7, 11) is 0. The zero-order chi connectivity index (χ0) is 20.9. The number of anilines is 2. The quantitative estimate of drug-likeness (QED) is 0.512. The summed E-state index contributed by atoms with van der Waals surface area (Å²) >= 11 is 0.